The highest BCUT2D eigenvalue weighted by molar-refractivity contribution is 6.53. The lowest BCUT2D eigenvalue weighted by molar-refractivity contribution is -0.117. The van der Waals surface area contributed by atoms with Crippen LogP contribution in [0.5, 0.6) is 5.75 Å². The van der Waals surface area contributed by atoms with E-state index >= 15 is 0 Å². The Balaban J connectivity index is 1.50. The third-order valence-corrected chi connectivity index (χ3v) is 7.25. The van der Waals surface area contributed by atoms with Crippen molar-refractivity contribution < 1.29 is 14.3 Å². The van der Waals surface area contributed by atoms with Crippen LogP contribution in [0.1, 0.15) is 21.8 Å². The molecule has 0 unspecified atom stereocenters. The molecule has 2 amide bonds. The maximum Gasteiger partial charge on any atom is 0.257 e. The van der Waals surface area contributed by atoms with E-state index in [4.69, 9.17) is 68.5 Å². The van der Waals surface area contributed by atoms with Crippen LogP contribution in [0.25, 0.3) is 0 Å². The van der Waals surface area contributed by atoms with Gasteiger partial charge in [-0.25, -0.2) is 0 Å². The molecule has 0 radical (unpaired) electrons. The summed E-state index contributed by atoms with van der Waals surface area (Å²) in [6.07, 6.45) is 0. The molecule has 182 valence electrons. The normalized spacial score (nSPS) is 18.0. The molecule has 35 heavy (non-hydrogen) atoms. The SMILES string of the molecule is COc1ccc(NC(=O)c2cc(NC(=O)[C@@H]3[C@@H](c4cc(Cl)cc(Cl)c4)C3(Cl)Cl)ccc2Cl)cc1N. The maximum absolute atomic E-state index is 13.0. The van der Waals surface area contributed by atoms with Crippen LogP contribution in [0.3, 0.4) is 0 Å². The summed E-state index contributed by atoms with van der Waals surface area (Å²) < 4.78 is 3.78. The molecule has 0 aliphatic heterocycles. The quantitative estimate of drug-likeness (QED) is 0.218. The first-order valence-electron chi connectivity index (χ1n) is 10.2. The van der Waals surface area contributed by atoms with Crippen molar-refractivity contribution in [3.05, 3.63) is 80.8 Å². The molecule has 1 fully saturated rings. The van der Waals surface area contributed by atoms with Gasteiger partial charge in [0.15, 0.2) is 0 Å². The molecule has 0 bridgehead atoms. The zero-order valence-electron chi connectivity index (χ0n) is 18.0. The fourth-order valence-electron chi connectivity index (χ4n) is 3.83. The minimum Gasteiger partial charge on any atom is -0.495 e. The number of carbonyl (C=O) groups is 2. The Bertz CT molecular complexity index is 1310. The number of halogens is 5. The summed E-state index contributed by atoms with van der Waals surface area (Å²) in [4.78, 5) is 25.8. The minimum absolute atomic E-state index is 0.149. The number of anilines is 3. The number of nitrogen functional groups attached to an aromatic ring is 1. The summed E-state index contributed by atoms with van der Waals surface area (Å²) in [6, 6.07) is 14.3. The topological polar surface area (TPSA) is 93.5 Å². The van der Waals surface area contributed by atoms with Crippen molar-refractivity contribution in [1.82, 2.24) is 0 Å². The van der Waals surface area contributed by atoms with Crippen molar-refractivity contribution in [2.24, 2.45) is 5.92 Å². The van der Waals surface area contributed by atoms with Crippen LogP contribution >= 0.6 is 58.0 Å². The highest BCUT2D eigenvalue weighted by atomic mass is 35.5. The molecule has 4 rings (SSSR count). The monoisotopic (exact) mass is 571 g/mol. The van der Waals surface area contributed by atoms with Crippen molar-refractivity contribution in [2.45, 2.75) is 10.3 Å². The Labute approximate surface area is 226 Å². The number of nitrogens with two attached hydrogens (primary N) is 1. The van der Waals surface area contributed by atoms with Gasteiger partial charge in [-0.1, -0.05) is 34.8 Å². The van der Waals surface area contributed by atoms with Gasteiger partial charge in [0.1, 0.15) is 10.1 Å². The second kappa shape index (κ2) is 9.96. The molecule has 2 atom stereocenters. The van der Waals surface area contributed by atoms with Crippen LogP contribution in [-0.2, 0) is 4.79 Å². The number of alkyl halides is 2. The Morgan fingerprint density at radius 2 is 1.54 bits per heavy atom. The van der Waals surface area contributed by atoms with E-state index in [-0.39, 0.29) is 10.6 Å². The summed E-state index contributed by atoms with van der Waals surface area (Å²) in [5, 5.41) is 6.49. The Hall–Kier alpha value is -2.35. The van der Waals surface area contributed by atoms with Gasteiger partial charge < -0.3 is 21.1 Å². The van der Waals surface area contributed by atoms with Crippen LogP contribution in [0.2, 0.25) is 15.1 Å². The Morgan fingerprint density at radius 1 is 0.914 bits per heavy atom. The van der Waals surface area contributed by atoms with Gasteiger partial charge in [-0.15, -0.1) is 23.2 Å². The van der Waals surface area contributed by atoms with E-state index in [0.29, 0.717) is 38.4 Å². The van der Waals surface area contributed by atoms with Gasteiger partial charge in [0.2, 0.25) is 5.91 Å². The molecule has 3 aromatic carbocycles. The summed E-state index contributed by atoms with van der Waals surface area (Å²) in [7, 11) is 1.50. The standard InChI is InChI=1S/C24H18Cl5N3O3/c1-35-19-5-3-15(10-18(19)30)31-22(33)16-9-14(2-4-17(16)27)32-23(34)21-20(24(21,28)29)11-6-12(25)8-13(26)7-11/h2-10,20-21H,30H2,1H3,(H,31,33)(H,32,34)/t20-,21+/m1/s1. The van der Waals surface area contributed by atoms with E-state index in [9.17, 15) is 9.59 Å². The van der Waals surface area contributed by atoms with E-state index in [1.165, 1.54) is 19.2 Å². The van der Waals surface area contributed by atoms with Crippen molar-refractivity contribution in [3.63, 3.8) is 0 Å². The molecular weight excluding hydrogens is 556 g/mol. The lowest BCUT2D eigenvalue weighted by Crippen LogP contribution is -2.18. The first-order chi connectivity index (χ1) is 16.5. The average Bonchev–Trinajstić information content (AvgIpc) is 3.36. The number of amides is 2. The van der Waals surface area contributed by atoms with E-state index < -0.39 is 28.0 Å². The van der Waals surface area contributed by atoms with Crippen LogP contribution in [0.15, 0.2) is 54.6 Å². The number of hydrogen-bond donors (Lipinski definition) is 3. The summed E-state index contributed by atoms with van der Waals surface area (Å²) in [6.45, 7) is 0. The van der Waals surface area contributed by atoms with Crippen LogP contribution < -0.4 is 21.1 Å². The molecule has 0 heterocycles. The first kappa shape index (κ1) is 25.7. The second-order valence-electron chi connectivity index (χ2n) is 7.93. The molecule has 0 aromatic heterocycles. The van der Waals surface area contributed by atoms with Gasteiger partial charge >= 0.3 is 0 Å². The van der Waals surface area contributed by atoms with Crippen molar-refractivity contribution in [1.29, 1.82) is 0 Å². The van der Waals surface area contributed by atoms with Crippen molar-refractivity contribution in [2.75, 3.05) is 23.5 Å². The number of benzene rings is 3. The second-order valence-corrected chi connectivity index (χ2v) is 10.7. The molecule has 1 saturated carbocycles. The molecule has 0 saturated heterocycles. The molecule has 6 nitrogen and oxygen atoms in total. The first-order valence-corrected chi connectivity index (χ1v) is 12.1. The van der Waals surface area contributed by atoms with Crippen LogP contribution in [0, 0.1) is 5.92 Å². The fourth-order valence-corrected chi connectivity index (χ4v) is 5.40. The van der Waals surface area contributed by atoms with Gasteiger partial charge in [0, 0.05) is 27.3 Å². The number of carbonyl (C=O) groups excluding carboxylic acids is 2. The predicted octanol–water partition coefficient (Wildman–Crippen LogP) is 7.02. The molecule has 4 N–H and O–H groups in total. The number of methoxy groups -OCH3 is 1. The summed E-state index contributed by atoms with van der Waals surface area (Å²) in [5.74, 6) is -1.68. The average molecular weight is 574 g/mol. The van der Waals surface area contributed by atoms with E-state index in [2.05, 4.69) is 10.6 Å². The van der Waals surface area contributed by atoms with Crippen LogP contribution in [0.4, 0.5) is 17.1 Å². The highest BCUT2D eigenvalue weighted by Gasteiger charge is 2.67. The lowest BCUT2D eigenvalue weighted by Gasteiger charge is -2.11. The maximum atomic E-state index is 13.0. The van der Waals surface area contributed by atoms with Crippen LogP contribution in [-0.4, -0.2) is 23.3 Å². The Kier molecular flexibility index (Phi) is 7.32. The lowest BCUT2D eigenvalue weighted by atomic mass is 10.1. The number of ether oxygens (including phenoxy) is 1. The molecule has 1 aliphatic carbocycles. The summed E-state index contributed by atoms with van der Waals surface area (Å²) >= 11 is 31.2. The van der Waals surface area contributed by atoms with Crippen molar-refractivity contribution in [3.8, 4) is 5.75 Å². The smallest absolute Gasteiger partial charge is 0.257 e. The third-order valence-electron chi connectivity index (χ3n) is 5.55. The highest BCUT2D eigenvalue weighted by Crippen LogP contribution is 2.65. The minimum atomic E-state index is -1.33. The van der Waals surface area contributed by atoms with E-state index in [0.717, 1.165) is 0 Å². The van der Waals surface area contributed by atoms with Gasteiger partial charge in [0.25, 0.3) is 5.91 Å². The Morgan fingerprint density at radius 3 is 2.17 bits per heavy atom. The number of rotatable bonds is 6. The van der Waals surface area contributed by atoms with E-state index in [1.54, 1.807) is 42.5 Å². The zero-order chi connectivity index (χ0) is 25.5. The van der Waals surface area contributed by atoms with Gasteiger partial charge in [-0.2, -0.15) is 0 Å². The molecule has 3 aromatic rings. The number of hydrogen-bond acceptors (Lipinski definition) is 4. The molecule has 0 spiro atoms. The van der Waals surface area contributed by atoms with E-state index in [1.807, 2.05) is 0 Å². The van der Waals surface area contributed by atoms with Gasteiger partial charge in [-0.05, 0) is 60.2 Å². The molecule has 1 aliphatic rings. The summed E-state index contributed by atoms with van der Waals surface area (Å²) in [5.41, 5.74) is 7.86. The largest absolute Gasteiger partial charge is 0.495 e. The third kappa shape index (κ3) is 5.42. The van der Waals surface area contributed by atoms with Crippen molar-refractivity contribution >= 4 is 86.9 Å². The zero-order valence-corrected chi connectivity index (χ0v) is 21.8. The fraction of sp³-hybridized carbons (Fsp3) is 0.167. The number of nitrogens with one attached hydrogen (secondary N) is 2. The van der Waals surface area contributed by atoms with Gasteiger partial charge in [-0.3, -0.25) is 9.59 Å². The molecule has 11 heteroatoms. The van der Waals surface area contributed by atoms with Gasteiger partial charge in [0.05, 0.1) is 29.3 Å². The predicted molar refractivity (Wildman–Crippen MR) is 143 cm³/mol. The molecular formula is C24H18Cl5N3O3.